The van der Waals surface area contributed by atoms with E-state index in [-0.39, 0.29) is 5.91 Å². The van der Waals surface area contributed by atoms with Crippen molar-refractivity contribution in [1.82, 2.24) is 15.1 Å². The van der Waals surface area contributed by atoms with Crippen molar-refractivity contribution in [3.63, 3.8) is 0 Å². The average molecular weight is 284 g/mol. The molecule has 0 saturated carbocycles. The molecular formula is C16H20N4O. The van der Waals surface area contributed by atoms with Gasteiger partial charge in [-0.3, -0.25) is 4.79 Å². The molecule has 1 saturated heterocycles. The maximum Gasteiger partial charge on any atom is 0.244 e. The van der Waals surface area contributed by atoms with Gasteiger partial charge in [-0.05, 0) is 50.1 Å². The smallest absolute Gasteiger partial charge is 0.244 e. The van der Waals surface area contributed by atoms with Crippen molar-refractivity contribution in [1.29, 1.82) is 0 Å². The number of amides is 1. The van der Waals surface area contributed by atoms with Gasteiger partial charge in [0.05, 0.1) is 11.2 Å². The first-order valence-corrected chi connectivity index (χ1v) is 7.40. The van der Waals surface area contributed by atoms with Gasteiger partial charge in [-0.2, -0.15) is 5.10 Å². The maximum absolute atomic E-state index is 12.6. The molecular weight excluding hydrogens is 264 g/mol. The van der Waals surface area contributed by atoms with Crippen LogP contribution in [0.3, 0.4) is 0 Å². The standard InChI is InChI=1S/C16H20N4O/c1-2-16(8-4-9-17-16)15(21)19-13-6-3-7-14(12-13)20-11-5-10-18-20/h3,5-7,10-12,17H,2,4,8-9H2,1H3,(H,19,21). The summed E-state index contributed by atoms with van der Waals surface area (Å²) in [6.07, 6.45) is 6.37. The van der Waals surface area contributed by atoms with E-state index in [9.17, 15) is 4.79 Å². The highest BCUT2D eigenvalue weighted by Gasteiger charge is 2.39. The predicted molar refractivity (Wildman–Crippen MR) is 82.5 cm³/mol. The molecule has 1 aliphatic rings. The van der Waals surface area contributed by atoms with Crippen molar-refractivity contribution in [2.45, 2.75) is 31.7 Å². The Morgan fingerprint density at radius 1 is 1.48 bits per heavy atom. The zero-order valence-electron chi connectivity index (χ0n) is 12.2. The SMILES string of the molecule is CCC1(C(=O)Nc2cccc(-n3cccn3)c2)CCCN1. The van der Waals surface area contributed by atoms with Crippen LogP contribution in [0.1, 0.15) is 26.2 Å². The van der Waals surface area contributed by atoms with Gasteiger partial charge in [0.1, 0.15) is 0 Å². The van der Waals surface area contributed by atoms with Crippen LogP contribution >= 0.6 is 0 Å². The van der Waals surface area contributed by atoms with Crippen molar-refractivity contribution in [3.8, 4) is 5.69 Å². The van der Waals surface area contributed by atoms with Crippen molar-refractivity contribution < 1.29 is 4.79 Å². The van der Waals surface area contributed by atoms with Gasteiger partial charge in [-0.15, -0.1) is 0 Å². The molecule has 3 rings (SSSR count). The summed E-state index contributed by atoms with van der Waals surface area (Å²) in [7, 11) is 0. The fraction of sp³-hybridized carbons (Fsp3) is 0.375. The van der Waals surface area contributed by atoms with Crippen LogP contribution in [0.15, 0.2) is 42.7 Å². The summed E-state index contributed by atoms with van der Waals surface area (Å²) in [6, 6.07) is 9.60. The third kappa shape index (κ3) is 2.69. The molecule has 0 radical (unpaired) electrons. The number of benzene rings is 1. The van der Waals surface area contributed by atoms with E-state index in [0.29, 0.717) is 0 Å². The maximum atomic E-state index is 12.6. The third-order valence-corrected chi connectivity index (χ3v) is 4.15. The molecule has 1 amide bonds. The average Bonchev–Trinajstić information content (AvgIpc) is 3.20. The number of hydrogen-bond donors (Lipinski definition) is 2. The zero-order chi connectivity index (χ0) is 14.7. The summed E-state index contributed by atoms with van der Waals surface area (Å²) in [5.74, 6) is 0.0557. The lowest BCUT2D eigenvalue weighted by Gasteiger charge is -2.26. The lowest BCUT2D eigenvalue weighted by molar-refractivity contribution is -0.122. The Hall–Kier alpha value is -2.14. The molecule has 2 N–H and O–H groups in total. The van der Waals surface area contributed by atoms with Crippen LogP contribution in [-0.2, 0) is 4.79 Å². The summed E-state index contributed by atoms with van der Waals surface area (Å²) < 4.78 is 1.78. The molecule has 1 aromatic carbocycles. The molecule has 0 spiro atoms. The van der Waals surface area contributed by atoms with Crippen molar-refractivity contribution in [2.75, 3.05) is 11.9 Å². The Morgan fingerprint density at radius 2 is 2.38 bits per heavy atom. The number of nitrogens with zero attached hydrogens (tertiary/aromatic N) is 2. The van der Waals surface area contributed by atoms with Gasteiger partial charge in [0.25, 0.3) is 0 Å². The molecule has 1 aliphatic heterocycles. The fourth-order valence-electron chi connectivity index (χ4n) is 2.86. The highest BCUT2D eigenvalue weighted by Crippen LogP contribution is 2.25. The minimum Gasteiger partial charge on any atom is -0.324 e. The number of carbonyl (C=O) groups excluding carboxylic acids is 1. The minimum absolute atomic E-state index is 0.0557. The summed E-state index contributed by atoms with van der Waals surface area (Å²) in [6.45, 7) is 2.96. The molecule has 110 valence electrons. The molecule has 0 aliphatic carbocycles. The van der Waals surface area contributed by atoms with Crippen LogP contribution in [0, 0.1) is 0 Å². The number of nitrogens with one attached hydrogen (secondary N) is 2. The van der Waals surface area contributed by atoms with Gasteiger partial charge in [-0.1, -0.05) is 13.0 Å². The van der Waals surface area contributed by atoms with Crippen molar-refractivity contribution in [3.05, 3.63) is 42.7 Å². The molecule has 5 heteroatoms. The largest absolute Gasteiger partial charge is 0.324 e. The molecule has 5 nitrogen and oxygen atoms in total. The lowest BCUT2D eigenvalue weighted by Crippen LogP contribution is -2.50. The van der Waals surface area contributed by atoms with E-state index in [1.807, 2.05) is 36.5 Å². The second-order valence-corrected chi connectivity index (χ2v) is 5.42. The summed E-state index contributed by atoms with van der Waals surface area (Å²) >= 11 is 0. The second kappa shape index (κ2) is 5.69. The number of anilines is 1. The van der Waals surface area contributed by atoms with Crippen LogP contribution in [0.4, 0.5) is 5.69 Å². The van der Waals surface area contributed by atoms with E-state index in [1.165, 1.54) is 0 Å². The molecule has 1 unspecified atom stereocenters. The Balaban J connectivity index is 1.79. The topological polar surface area (TPSA) is 59.0 Å². The molecule has 1 fully saturated rings. The van der Waals surface area contributed by atoms with E-state index >= 15 is 0 Å². The first kappa shape index (κ1) is 13.8. The van der Waals surface area contributed by atoms with E-state index < -0.39 is 5.54 Å². The molecule has 21 heavy (non-hydrogen) atoms. The highest BCUT2D eigenvalue weighted by molar-refractivity contribution is 5.98. The number of aromatic nitrogens is 2. The van der Waals surface area contributed by atoms with Crippen LogP contribution in [-0.4, -0.2) is 27.8 Å². The van der Waals surface area contributed by atoms with Gasteiger partial charge in [-0.25, -0.2) is 4.68 Å². The van der Waals surface area contributed by atoms with Crippen molar-refractivity contribution in [2.24, 2.45) is 0 Å². The van der Waals surface area contributed by atoms with Gasteiger partial charge < -0.3 is 10.6 Å². The van der Waals surface area contributed by atoms with Crippen LogP contribution in [0.25, 0.3) is 5.69 Å². The first-order valence-electron chi connectivity index (χ1n) is 7.40. The van der Waals surface area contributed by atoms with E-state index in [2.05, 4.69) is 22.7 Å². The van der Waals surface area contributed by atoms with Gasteiger partial charge >= 0.3 is 0 Å². The Kier molecular flexibility index (Phi) is 3.75. The number of rotatable bonds is 4. The first-order chi connectivity index (χ1) is 10.2. The quantitative estimate of drug-likeness (QED) is 0.906. The molecule has 0 bridgehead atoms. The molecule has 1 atom stereocenters. The minimum atomic E-state index is -0.415. The van der Waals surface area contributed by atoms with Crippen LogP contribution in [0.2, 0.25) is 0 Å². The summed E-state index contributed by atoms with van der Waals surface area (Å²) in [4.78, 5) is 12.6. The monoisotopic (exact) mass is 284 g/mol. The van der Waals surface area contributed by atoms with Gasteiger partial charge in [0, 0.05) is 18.1 Å². The zero-order valence-corrected chi connectivity index (χ0v) is 12.2. The van der Waals surface area contributed by atoms with E-state index in [0.717, 1.165) is 37.2 Å². The fourth-order valence-corrected chi connectivity index (χ4v) is 2.86. The molecule has 2 heterocycles. The van der Waals surface area contributed by atoms with Crippen molar-refractivity contribution >= 4 is 11.6 Å². The van der Waals surface area contributed by atoms with Crippen LogP contribution in [0.5, 0.6) is 0 Å². The predicted octanol–water partition coefficient (Wildman–Crippen LogP) is 2.34. The van der Waals surface area contributed by atoms with E-state index in [4.69, 9.17) is 0 Å². The lowest BCUT2D eigenvalue weighted by atomic mass is 9.93. The Morgan fingerprint density at radius 3 is 3.05 bits per heavy atom. The highest BCUT2D eigenvalue weighted by atomic mass is 16.2. The van der Waals surface area contributed by atoms with Gasteiger partial charge in [0.15, 0.2) is 0 Å². The summed E-state index contributed by atoms with van der Waals surface area (Å²) in [5.41, 5.74) is 1.32. The van der Waals surface area contributed by atoms with Crippen LogP contribution < -0.4 is 10.6 Å². The molecule has 1 aromatic heterocycles. The normalized spacial score (nSPS) is 21.4. The molecule has 2 aromatic rings. The second-order valence-electron chi connectivity index (χ2n) is 5.42. The number of carbonyl (C=O) groups is 1. The Bertz CT molecular complexity index is 615. The van der Waals surface area contributed by atoms with E-state index in [1.54, 1.807) is 10.9 Å². The third-order valence-electron chi connectivity index (χ3n) is 4.15. The van der Waals surface area contributed by atoms with Gasteiger partial charge in [0.2, 0.25) is 5.91 Å². The summed E-state index contributed by atoms with van der Waals surface area (Å²) in [5, 5.41) is 10.6. The number of hydrogen-bond acceptors (Lipinski definition) is 3. The Labute approximate surface area is 124 Å².